The number of amides is 1. The molecule has 1 aliphatic heterocycles. The fourth-order valence-electron chi connectivity index (χ4n) is 4.53. The van der Waals surface area contributed by atoms with Gasteiger partial charge in [-0.05, 0) is 42.5 Å². The van der Waals surface area contributed by atoms with E-state index in [-0.39, 0.29) is 17.1 Å². The van der Waals surface area contributed by atoms with Gasteiger partial charge in [-0.1, -0.05) is 25.2 Å². The van der Waals surface area contributed by atoms with Crippen molar-refractivity contribution in [1.82, 2.24) is 9.97 Å². The number of thiazole rings is 1. The van der Waals surface area contributed by atoms with Gasteiger partial charge in [-0.15, -0.1) is 0 Å². The van der Waals surface area contributed by atoms with Gasteiger partial charge in [-0.3, -0.25) is 9.59 Å². The van der Waals surface area contributed by atoms with Crippen LogP contribution in [0.4, 0.5) is 10.8 Å². The quantitative estimate of drug-likeness (QED) is 0.641. The van der Waals surface area contributed by atoms with Gasteiger partial charge in [-0.2, -0.15) is 0 Å². The normalized spacial score (nSPS) is 18.3. The lowest BCUT2D eigenvalue weighted by atomic mass is 9.75. The summed E-state index contributed by atoms with van der Waals surface area (Å²) in [6, 6.07) is 5.76. The summed E-state index contributed by atoms with van der Waals surface area (Å²) in [7, 11) is 0. The summed E-state index contributed by atoms with van der Waals surface area (Å²) in [4.78, 5) is 35.8. The van der Waals surface area contributed by atoms with Crippen molar-refractivity contribution in [2.45, 2.75) is 33.6 Å². The summed E-state index contributed by atoms with van der Waals surface area (Å²) in [6.07, 6.45) is 1.27. The number of morpholine rings is 1. The minimum absolute atomic E-state index is 0.0927. The summed E-state index contributed by atoms with van der Waals surface area (Å²) in [5, 5.41) is 3.97. The minimum Gasteiger partial charge on any atom is -0.378 e. The van der Waals surface area contributed by atoms with E-state index in [2.05, 4.69) is 29.0 Å². The van der Waals surface area contributed by atoms with Gasteiger partial charge in [0.25, 0.3) is 5.91 Å². The van der Waals surface area contributed by atoms with Crippen LogP contribution in [0.15, 0.2) is 18.2 Å². The molecule has 0 unspecified atom stereocenters. The van der Waals surface area contributed by atoms with Crippen LogP contribution in [0.25, 0.3) is 10.2 Å². The summed E-state index contributed by atoms with van der Waals surface area (Å²) in [6.45, 7) is 9.14. The number of hydrogen-bond acceptors (Lipinski definition) is 6. The topological polar surface area (TPSA) is 87.3 Å². The fourth-order valence-corrected chi connectivity index (χ4v) is 5.59. The van der Waals surface area contributed by atoms with Crippen LogP contribution in [0.5, 0.6) is 0 Å². The molecule has 0 saturated carbocycles. The number of fused-ring (bicyclic) bond motifs is 2. The van der Waals surface area contributed by atoms with Crippen molar-refractivity contribution >= 4 is 44.1 Å². The Kier molecular flexibility index (Phi) is 4.86. The molecular weight excluding hydrogens is 412 g/mol. The Morgan fingerprint density at radius 3 is 2.81 bits per heavy atom. The van der Waals surface area contributed by atoms with Gasteiger partial charge in [0.15, 0.2) is 10.9 Å². The molecule has 31 heavy (non-hydrogen) atoms. The fraction of sp³-hybridized carbons (Fsp3) is 0.435. The van der Waals surface area contributed by atoms with Crippen LogP contribution in [0.3, 0.4) is 0 Å². The maximum absolute atomic E-state index is 13.0. The first kappa shape index (κ1) is 20.2. The van der Waals surface area contributed by atoms with Gasteiger partial charge in [0.1, 0.15) is 5.69 Å². The first-order chi connectivity index (χ1) is 14.8. The van der Waals surface area contributed by atoms with Gasteiger partial charge in [-0.25, -0.2) is 4.98 Å². The monoisotopic (exact) mass is 438 g/mol. The first-order valence-corrected chi connectivity index (χ1v) is 11.4. The van der Waals surface area contributed by atoms with Crippen molar-refractivity contribution in [1.29, 1.82) is 0 Å². The first-order valence-electron chi connectivity index (χ1n) is 10.6. The number of carbonyl (C=O) groups is 2. The third kappa shape index (κ3) is 3.74. The zero-order chi connectivity index (χ0) is 21.8. The highest BCUT2D eigenvalue weighted by Crippen LogP contribution is 2.37. The van der Waals surface area contributed by atoms with Crippen LogP contribution < -0.4 is 10.2 Å². The van der Waals surface area contributed by atoms with Gasteiger partial charge in [0, 0.05) is 36.5 Å². The highest BCUT2D eigenvalue weighted by Gasteiger charge is 2.35. The second-order valence-corrected chi connectivity index (χ2v) is 10.2. The van der Waals surface area contributed by atoms with Crippen molar-refractivity contribution < 1.29 is 14.3 Å². The van der Waals surface area contributed by atoms with Crippen LogP contribution in [-0.2, 0) is 11.2 Å². The average molecular weight is 439 g/mol. The van der Waals surface area contributed by atoms with E-state index in [9.17, 15) is 9.59 Å². The third-order valence-electron chi connectivity index (χ3n) is 6.04. The number of carbonyl (C=O) groups excluding carboxylic acids is 2. The number of ketones is 1. The molecule has 0 radical (unpaired) electrons. The van der Waals surface area contributed by atoms with Crippen LogP contribution in [0.2, 0.25) is 0 Å². The van der Waals surface area contributed by atoms with E-state index >= 15 is 0 Å². The zero-order valence-electron chi connectivity index (χ0n) is 18.0. The highest BCUT2D eigenvalue weighted by molar-refractivity contribution is 7.22. The number of nitrogens with one attached hydrogen (secondary N) is 2. The molecular formula is C23H26N4O3S. The lowest BCUT2D eigenvalue weighted by molar-refractivity contribution is 0.0910. The number of benzene rings is 1. The van der Waals surface area contributed by atoms with Crippen LogP contribution >= 0.6 is 11.3 Å². The van der Waals surface area contributed by atoms with Crippen LogP contribution in [0, 0.1) is 12.3 Å². The van der Waals surface area contributed by atoms with E-state index in [0.717, 1.165) is 59.3 Å². The van der Waals surface area contributed by atoms with E-state index in [4.69, 9.17) is 9.72 Å². The summed E-state index contributed by atoms with van der Waals surface area (Å²) in [5.74, 6) is -0.115. The number of rotatable bonds is 3. The summed E-state index contributed by atoms with van der Waals surface area (Å²) < 4.78 is 6.45. The number of nitrogens with zero attached hydrogens (tertiary/aromatic N) is 2. The average Bonchev–Trinajstić information content (AvgIpc) is 3.28. The number of Topliss-reactive ketones (excluding diaryl/α,β-unsaturated/α-hetero) is 1. The minimum atomic E-state index is -0.227. The molecule has 2 aliphatic rings. The lowest BCUT2D eigenvalue weighted by Gasteiger charge is -2.28. The summed E-state index contributed by atoms with van der Waals surface area (Å²) in [5.41, 5.74) is 4.31. The predicted molar refractivity (Wildman–Crippen MR) is 123 cm³/mol. The van der Waals surface area contributed by atoms with E-state index in [0.29, 0.717) is 23.4 Å². The van der Waals surface area contributed by atoms with E-state index in [1.165, 1.54) is 0 Å². The second-order valence-electron chi connectivity index (χ2n) is 9.15. The van der Waals surface area contributed by atoms with Crippen molar-refractivity contribution in [3.63, 3.8) is 0 Å². The molecule has 1 amide bonds. The Hall–Kier alpha value is -2.71. The maximum atomic E-state index is 13.0. The number of ether oxygens (including phenoxy) is 1. The molecule has 2 N–H and O–H groups in total. The van der Waals surface area contributed by atoms with Gasteiger partial charge >= 0.3 is 0 Å². The molecule has 1 aromatic carbocycles. The molecule has 1 saturated heterocycles. The van der Waals surface area contributed by atoms with Gasteiger partial charge < -0.3 is 19.9 Å². The Labute approximate surface area is 184 Å². The maximum Gasteiger partial charge on any atom is 0.272 e. The molecule has 0 spiro atoms. The zero-order valence-corrected chi connectivity index (χ0v) is 18.8. The van der Waals surface area contributed by atoms with Crippen molar-refractivity contribution in [2.75, 3.05) is 36.5 Å². The molecule has 8 heteroatoms. The predicted octanol–water partition coefficient (Wildman–Crippen LogP) is 4.18. The number of aromatic amines is 1. The number of hydrogen-bond donors (Lipinski definition) is 2. The lowest BCUT2D eigenvalue weighted by Crippen LogP contribution is -2.36. The van der Waals surface area contributed by atoms with Crippen LogP contribution in [-0.4, -0.2) is 48.0 Å². The highest BCUT2D eigenvalue weighted by atomic mass is 32.1. The van der Waals surface area contributed by atoms with E-state index < -0.39 is 0 Å². The van der Waals surface area contributed by atoms with Gasteiger partial charge in [0.2, 0.25) is 0 Å². The van der Waals surface area contributed by atoms with Gasteiger partial charge in [0.05, 0.1) is 23.4 Å². The number of H-pyrrole nitrogens is 1. The molecule has 0 bridgehead atoms. The Morgan fingerprint density at radius 2 is 2.03 bits per heavy atom. The molecule has 1 aliphatic carbocycles. The standard InChI is InChI=1S/C23H26N4O3S/c1-13-19-16(11-23(2,3)12-17(19)28)25-20(13)21(29)24-14-4-5-15-18(10-14)31-22(26-15)27-6-8-30-9-7-27/h4-5,10,25H,6-9,11-12H2,1-3H3,(H,24,29). The molecule has 3 heterocycles. The largest absolute Gasteiger partial charge is 0.378 e. The molecule has 1 fully saturated rings. The summed E-state index contributed by atoms with van der Waals surface area (Å²) >= 11 is 1.62. The number of anilines is 2. The van der Waals surface area contributed by atoms with Crippen LogP contribution in [0.1, 0.15) is 52.4 Å². The van der Waals surface area contributed by atoms with E-state index in [1.54, 1.807) is 11.3 Å². The van der Waals surface area contributed by atoms with Crippen molar-refractivity contribution in [3.05, 3.63) is 40.7 Å². The van der Waals surface area contributed by atoms with Crippen molar-refractivity contribution in [2.24, 2.45) is 5.41 Å². The molecule has 7 nitrogen and oxygen atoms in total. The smallest absolute Gasteiger partial charge is 0.272 e. The molecule has 0 atom stereocenters. The Balaban J connectivity index is 1.39. The number of aromatic nitrogens is 2. The molecule has 2 aromatic heterocycles. The third-order valence-corrected chi connectivity index (χ3v) is 7.12. The molecule has 3 aromatic rings. The Bertz CT molecular complexity index is 1190. The SMILES string of the molecule is Cc1c(C(=O)Nc2ccc3nc(N4CCOCC4)sc3c2)[nH]c2c1C(=O)CC(C)(C)C2. The second kappa shape index (κ2) is 7.46. The van der Waals surface area contributed by atoms with Crippen molar-refractivity contribution in [3.8, 4) is 0 Å². The Morgan fingerprint density at radius 1 is 1.26 bits per heavy atom. The van der Waals surface area contributed by atoms with E-state index in [1.807, 2.05) is 25.1 Å². The molecule has 5 rings (SSSR count). The molecule has 162 valence electrons.